The second kappa shape index (κ2) is 9.14. The van der Waals surface area contributed by atoms with E-state index in [1.165, 1.54) is 9.13 Å². The molecule has 0 bridgehead atoms. The van der Waals surface area contributed by atoms with Crippen molar-refractivity contribution in [2.24, 2.45) is 12.8 Å². The first kappa shape index (κ1) is 23.0. The molecule has 0 radical (unpaired) electrons. The lowest BCUT2D eigenvalue weighted by Crippen LogP contribution is -2.44. The van der Waals surface area contributed by atoms with Gasteiger partial charge >= 0.3 is 5.69 Å². The summed E-state index contributed by atoms with van der Waals surface area (Å²) in [6, 6.07) is 9.87. The van der Waals surface area contributed by atoms with Gasteiger partial charge in [-0.2, -0.15) is 4.98 Å². The molecule has 3 aromatic heterocycles. The first-order valence-electron chi connectivity index (χ1n) is 12.0. The van der Waals surface area contributed by atoms with Crippen molar-refractivity contribution < 1.29 is 0 Å². The van der Waals surface area contributed by atoms with Gasteiger partial charge in [0.1, 0.15) is 0 Å². The van der Waals surface area contributed by atoms with Crippen molar-refractivity contribution in [3.05, 3.63) is 74.7 Å². The number of aromatic nitrogens is 5. The van der Waals surface area contributed by atoms with Crippen LogP contribution in [0.25, 0.3) is 21.9 Å². The Kier molecular flexibility index (Phi) is 6.02. The third-order valence-electron chi connectivity index (χ3n) is 6.64. The number of benzene rings is 1. The zero-order chi connectivity index (χ0) is 24.7. The van der Waals surface area contributed by atoms with Crippen LogP contribution < -0.4 is 21.9 Å². The standard InChI is InChI=1S/C26H31N7O2/c1-17(2)10-12-32-22-23(29-25(32)31-11-6-9-20(27)15-31)30(3)26(35)33(24(22)34)16-21-13-18-7-4-5-8-19(18)14-28-21/h4-5,7-8,10,13-14,20H,6,9,11-12,15-16,27H2,1-3H3. The van der Waals surface area contributed by atoms with Crippen LogP contribution in [0.4, 0.5) is 5.95 Å². The highest BCUT2D eigenvalue weighted by Gasteiger charge is 2.26. The van der Waals surface area contributed by atoms with Crippen molar-refractivity contribution >= 4 is 27.9 Å². The van der Waals surface area contributed by atoms with Gasteiger partial charge in [0, 0.05) is 44.3 Å². The van der Waals surface area contributed by atoms with Crippen LogP contribution in [0.15, 0.2) is 57.8 Å². The molecule has 0 spiro atoms. The SMILES string of the molecule is CC(C)=CCn1c(N2CCCC(N)C2)nc2c1c(=O)n(Cc1cc3ccccc3cn1)c(=O)n2C. The maximum absolute atomic E-state index is 13.8. The van der Waals surface area contributed by atoms with Gasteiger partial charge in [-0.15, -0.1) is 0 Å². The molecule has 1 aliphatic heterocycles. The highest BCUT2D eigenvalue weighted by molar-refractivity contribution is 5.81. The van der Waals surface area contributed by atoms with Gasteiger partial charge in [0.15, 0.2) is 11.2 Å². The Morgan fingerprint density at radius 2 is 1.94 bits per heavy atom. The number of allylic oxidation sites excluding steroid dienone is 2. The lowest BCUT2D eigenvalue weighted by molar-refractivity contribution is 0.495. The van der Waals surface area contributed by atoms with Crippen molar-refractivity contribution in [3.8, 4) is 0 Å². The fraction of sp³-hybridized carbons (Fsp3) is 0.385. The summed E-state index contributed by atoms with van der Waals surface area (Å²) in [5, 5.41) is 2.02. The minimum atomic E-state index is -0.411. The molecule has 9 nitrogen and oxygen atoms in total. The molecule has 4 aromatic rings. The molecule has 1 saturated heterocycles. The summed E-state index contributed by atoms with van der Waals surface area (Å²) in [6.07, 6.45) is 5.77. The second-order valence-electron chi connectivity index (χ2n) is 9.58. The highest BCUT2D eigenvalue weighted by Crippen LogP contribution is 2.23. The number of aryl methyl sites for hydroxylation is 1. The highest BCUT2D eigenvalue weighted by atomic mass is 16.2. The molecule has 182 valence electrons. The fourth-order valence-corrected chi connectivity index (χ4v) is 4.76. The van der Waals surface area contributed by atoms with Gasteiger partial charge in [-0.25, -0.2) is 4.79 Å². The molecule has 0 aliphatic carbocycles. The Bertz CT molecular complexity index is 1560. The number of fused-ring (bicyclic) bond motifs is 2. The molecule has 1 fully saturated rings. The van der Waals surface area contributed by atoms with E-state index in [4.69, 9.17) is 10.7 Å². The Morgan fingerprint density at radius 1 is 1.17 bits per heavy atom. The van der Waals surface area contributed by atoms with E-state index in [2.05, 4.69) is 16.0 Å². The summed E-state index contributed by atoms with van der Waals surface area (Å²) in [5.41, 5.74) is 8.07. The van der Waals surface area contributed by atoms with Gasteiger partial charge in [0.25, 0.3) is 5.56 Å². The van der Waals surface area contributed by atoms with E-state index in [1.54, 1.807) is 13.2 Å². The number of nitrogens with zero attached hydrogens (tertiary/aromatic N) is 6. The number of piperidine rings is 1. The largest absolute Gasteiger partial charge is 0.341 e. The minimum Gasteiger partial charge on any atom is -0.341 e. The number of anilines is 1. The van der Waals surface area contributed by atoms with Crippen LogP contribution in [0.2, 0.25) is 0 Å². The Labute approximate surface area is 203 Å². The number of hydrogen-bond acceptors (Lipinski definition) is 6. The smallest absolute Gasteiger partial charge is 0.332 e. The summed E-state index contributed by atoms with van der Waals surface area (Å²) in [7, 11) is 1.67. The molecule has 35 heavy (non-hydrogen) atoms. The van der Waals surface area contributed by atoms with Gasteiger partial charge in [-0.05, 0) is 38.1 Å². The molecule has 9 heteroatoms. The van der Waals surface area contributed by atoms with E-state index in [-0.39, 0.29) is 18.1 Å². The summed E-state index contributed by atoms with van der Waals surface area (Å²) >= 11 is 0. The monoisotopic (exact) mass is 473 g/mol. The normalized spacial score (nSPS) is 16.2. The lowest BCUT2D eigenvalue weighted by atomic mass is 10.1. The van der Waals surface area contributed by atoms with Crippen LogP contribution >= 0.6 is 0 Å². The van der Waals surface area contributed by atoms with Crippen LogP contribution in [-0.4, -0.2) is 42.8 Å². The maximum Gasteiger partial charge on any atom is 0.332 e. The minimum absolute atomic E-state index is 0.0555. The average Bonchev–Trinajstić information content (AvgIpc) is 3.24. The molecular formula is C26H31N7O2. The van der Waals surface area contributed by atoms with Crippen LogP contribution in [0.1, 0.15) is 32.4 Å². The van der Waals surface area contributed by atoms with Crippen LogP contribution in [-0.2, 0) is 20.1 Å². The number of pyridine rings is 1. The van der Waals surface area contributed by atoms with Gasteiger partial charge in [-0.1, -0.05) is 35.9 Å². The van der Waals surface area contributed by atoms with Crippen molar-refractivity contribution in [2.75, 3.05) is 18.0 Å². The number of rotatable bonds is 5. The summed E-state index contributed by atoms with van der Waals surface area (Å²) in [5.74, 6) is 0.682. The predicted octanol–water partition coefficient (Wildman–Crippen LogP) is 2.39. The van der Waals surface area contributed by atoms with Crippen molar-refractivity contribution in [2.45, 2.75) is 45.8 Å². The Hall–Kier alpha value is -3.72. The topological polar surface area (TPSA) is 104 Å². The molecule has 1 atom stereocenters. The van der Waals surface area contributed by atoms with Gasteiger partial charge in [-0.3, -0.25) is 18.9 Å². The van der Waals surface area contributed by atoms with Crippen molar-refractivity contribution in [1.82, 2.24) is 23.7 Å². The average molecular weight is 474 g/mol. The Balaban J connectivity index is 1.68. The molecular weight excluding hydrogens is 442 g/mol. The molecule has 5 rings (SSSR count). The zero-order valence-corrected chi connectivity index (χ0v) is 20.4. The first-order valence-corrected chi connectivity index (χ1v) is 12.0. The van der Waals surface area contributed by atoms with Gasteiger partial charge in [0.2, 0.25) is 5.95 Å². The molecule has 1 unspecified atom stereocenters. The number of hydrogen-bond donors (Lipinski definition) is 1. The van der Waals surface area contributed by atoms with E-state index in [1.807, 2.05) is 48.7 Å². The van der Waals surface area contributed by atoms with Gasteiger partial charge in [0.05, 0.1) is 12.2 Å². The maximum atomic E-state index is 13.8. The van der Waals surface area contributed by atoms with E-state index in [9.17, 15) is 9.59 Å². The van der Waals surface area contributed by atoms with Crippen LogP contribution in [0.5, 0.6) is 0 Å². The summed E-state index contributed by atoms with van der Waals surface area (Å²) < 4.78 is 4.64. The third kappa shape index (κ3) is 4.27. The van der Waals surface area contributed by atoms with E-state index in [0.29, 0.717) is 35.9 Å². The van der Waals surface area contributed by atoms with E-state index < -0.39 is 5.69 Å². The summed E-state index contributed by atoms with van der Waals surface area (Å²) in [4.78, 5) is 38.5. The molecule has 4 heterocycles. The second-order valence-corrected chi connectivity index (χ2v) is 9.58. The number of imidazole rings is 1. The summed E-state index contributed by atoms with van der Waals surface area (Å²) in [6.45, 7) is 6.10. The molecule has 0 amide bonds. The first-order chi connectivity index (χ1) is 16.8. The van der Waals surface area contributed by atoms with Crippen molar-refractivity contribution in [1.29, 1.82) is 0 Å². The lowest BCUT2D eigenvalue weighted by Gasteiger charge is -2.31. The van der Waals surface area contributed by atoms with Crippen LogP contribution in [0.3, 0.4) is 0 Å². The van der Waals surface area contributed by atoms with E-state index >= 15 is 0 Å². The molecule has 1 aromatic carbocycles. The molecule has 1 aliphatic rings. The van der Waals surface area contributed by atoms with Crippen molar-refractivity contribution in [3.63, 3.8) is 0 Å². The van der Waals surface area contributed by atoms with Gasteiger partial charge < -0.3 is 15.2 Å². The fourth-order valence-electron chi connectivity index (χ4n) is 4.76. The van der Waals surface area contributed by atoms with E-state index in [0.717, 1.165) is 35.7 Å². The van der Waals surface area contributed by atoms with Crippen LogP contribution in [0, 0.1) is 0 Å². The molecule has 0 saturated carbocycles. The third-order valence-corrected chi connectivity index (χ3v) is 6.64. The molecule has 2 N–H and O–H groups in total. The predicted molar refractivity (Wildman–Crippen MR) is 139 cm³/mol. The quantitative estimate of drug-likeness (QED) is 0.447. The zero-order valence-electron chi connectivity index (χ0n) is 20.4. The Morgan fingerprint density at radius 3 is 2.69 bits per heavy atom. The number of nitrogens with two attached hydrogens (primary N) is 1.